The second-order valence-electron chi connectivity index (χ2n) is 6.71. The molecule has 1 unspecified atom stereocenters. The summed E-state index contributed by atoms with van der Waals surface area (Å²) in [6, 6.07) is 5.18. The van der Waals surface area contributed by atoms with Gasteiger partial charge < -0.3 is 5.32 Å². The molecule has 0 amide bonds. The van der Waals surface area contributed by atoms with Crippen LogP contribution in [0.2, 0.25) is 0 Å². The third-order valence-corrected chi connectivity index (χ3v) is 6.16. The molecule has 1 aliphatic carbocycles. The van der Waals surface area contributed by atoms with E-state index < -0.39 is 0 Å². The molecule has 1 aromatic rings. The van der Waals surface area contributed by atoms with E-state index in [-0.39, 0.29) is 0 Å². The molecule has 1 saturated carbocycles. The van der Waals surface area contributed by atoms with Crippen molar-refractivity contribution in [2.75, 3.05) is 19.6 Å². The highest BCUT2D eigenvalue weighted by Gasteiger charge is 2.36. The van der Waals surface area contributed by atoms with Gasteiger partial charge in [0, 0.05) is 29.5 Å². The summed E-state index contributed by atoms with van der Waals surface area (Å²) in [4.78, 5) is 4.29. The lowest BCUT2D eigenvalue weighted by atomic mass is 9.81. The van der Waals surface area contributed by atoms with E-state index in [1.54, 1.807) is 0 Å². The first kappa shape index (κ1) is 14.6. The average Bonchev–Trinajstić information content (AvgIpc) is 2.93. The predicted octanol–water partition coefficient (Wildman–Crippen LogP) is 3.68. The summed E-state index contributed by atoms with van der Waals surface area (Å²) in [5, 5.41) is 6.11. The van der Waals surface area contributed by atoms with Crippen LogP contribution in [-0.4, -0.2) is 36.1 Å². The minimum atomic E-state index is 0.429. The highest BCUT2D eigenvalue weighted by molar-refractivity contribution is 7.09. The molecule has 3 rings (SSSR count). The summed E-state index contributed by atoms with van der Waals surface area (Å²) in [6.45, 7) is 6.11. The molecular weight excluding hydrogens is 264 g/mol. The molecule has 2 heterocycles. The van der Waals surface area contributed by atoms with Gasteiger partial charge in [-0.15, -0.1) is 11.3 Å². The molecule has 3 heteroatoms. The Bertz CT molecular complexity index is 395. The van der Waals surface area contributed by atoms with Crippen molar-refractivity contribution in [1.82, 2.24) is 10.2 Å². The van der Waals surface area contributed by atoms with E-state index in [1.807, 2.05) is 11.3 Å². The van der Waals surface area contributed by atoms with Crippen molar-refractivity contribution in [2.45, 2.75) is 63.5 Å². The maximum atomic E-state index is 3.91. The van der Waals surface area contributed by atoms with Crippen LogP contribution < -0.4 is 5.32 Å². The van der Waals surface area contributed by atoms with Gasteiger partial charge in [0.05, 0.1) is 0 Å². The van der Waals surface area contributed by atoms with Crippen LogP contribution in [-0.2, 0) is 6.42 Å². The molecule has 1 atom stereocenters. The molecule has 1 aliphatic heterocycles. The van der Waals surface area contributed by atoms with Gasteiger partial charge in [0.2, 0.25) is 0 Å². The Morgan fingerprint density at radius 2 is 2.20 bits per heavy atom. The molecule has 1 spiro atoms. The van der Waals surface area contributed by atoms with Crippen LogP contribution in [0.5, 0.6) is 0 Å². The first-order valence-corrected chi connectivity index (χ1v) is 9.17. The standard InChI is InChI=1S/C17H28N2S/c1-15-7-11-18-17(9-3-2-4-10-17)14-19(15)12-8-16-6-5-13-20-16/h5-6,13,15,18H,2-4,7-12,14H2,1H3. The van der Waals surface area contributed by atoms with Crippen molar-refractivity contribution in [3.8, 4) is 0 Å². The van der Waals surface area contributed by atoms with E-state index in [2.05, 4.69) is 34.7 Å². The summed E-state index contributed by atoms with van der Waals surface area (Å²) >= 11 is 1.90. The zero-order valence-electron chi connectivity index (χ0n) is 12.7. The average molecular weight is 292 g/mol. The molecule has 0 bridgehead atoms. The number of hydrogen-bond donors (Lipinski definition) is 1. The first-order valence-electron chi connectivity index (χ1n) is 8.29. The van der Waals surface area contributed by atoms with E-state index in [1.165, 1.54) is 69.5 Å². The largest absolute Gasteiger partial charge is 0.310 e. The molecule has 0 radical (unpaired) electrons. The fraction of sp³-hybridized carbons (Fsp3) is 0.765. The molecule has 0 aromatic carbocycles. The van der Waals surface area contributed by atoms with Gasteiger partial charge in [-0.3, -0.25) is 4.90 Å². The number of nitrogens with one attached hydrogen (secondary N) is 1. The molecule has 2 aliphatic rings. The smallest absolute Gasteiger partial charge is 0.0308 e. The third kappa shape index (κ3) is 3.44. The molecule has 1 saturated heterocycles. The molecule has 2 fully saturated rings. The van der Waals surface area contributed by atoms with Crippen LogP contribution in [0.3, 0.4) is 0 Å². The van der Waals surface area contributed by atoms with Gasteiger partial charge >= 0.3 is 0 Å². The highest BCUT2D eigenvalue weighted by Crippen LogP contribution is 2.31. The lowest BCUT2D eigenvalue weighted by Gasteiger charge is -2.41. The van der Waals surface area contributed by atoms with Crippen LogP contribution in [0.4, 0.5) is 0 Å². The Labute approximate surface area is 127 Å². The Hall–Kier alpha value is -0.380. The zero-order valence-corrected chi connectivity index (χ0v) is 13.6. The topological polar surface area (TPSA) is 15.3 Å². The van der Waals surface area contributed by atoms with Gasteiger partial charge in [0.1, 0.15) is 0 Å². The lowest BCUT2D eigenvalue weighted by molar-refractivity contribution is 0.139. The van der Waals surface area contributed by atoms with Gasteiger partial charge in [0.25, 0.3) is 0 Å². The van der Waals surface area contributed by atoms with Gasteiger partial charge in [-0.2, -0.15) is 0 Å². The Kier molecular flexibility index (Phi) is 4.79. The Morgan fingerprint density at radius 3 is 2.95 bits per heavy atom. The maximum Gasteiger partial charge on any atom is 0.0308 e. The Balaban J connectivity index is 1.63. The van der Waals surface area contributed by atoms with Crippen LogP contribution >= 0.6 is 11.3 Å². The fourth-order valence-corrected chi connectivity index (χ4v) is 4.60. The number of nitrogens with zero attached hydrogens (tertiary/aromatic N) is 1. The van der Waals surface area contributed by atoms with Crippen molar-refractivity contribution in [1.29, 1.82) is 0 Å². The molecule has 1 N–H and O–H groups in total. The monoisotopic (exact) mass is 292 g/mol. The Morgan fingerprint density at radius 1 is 1.35 bits per heavy atom. The minimum absolute atomic E-state index is 0.429. The van der Waals surface area contributed by atoms with Gasteiger partial charge in [-0.05, 0) is 50.6 Å². The molecule has 2 nitrogen and oxygen atoms in total. The van der Waals surface area contributed by atoms with Gasteiger partial charge in [-0.25, -0.2) is 0 Å². The van der Waals surface area contributed by atoms with Crippen LogP contribution in [0.25, 0.3) is 0 Å². The third-order valence-electron chi connectivity index (χ3n) is 5.23. The second kappa shape index (κ2) is 6.59. The summed E-state index contributed by atoms with van der Waals surface area (Å²) < 4.78 is 0. The predicted molar refractivity (Wildman–Crippen MR) is 87.5 cm³/mol. The molecule has 1 aromatic heterocycles. The zero-order chi connectivity index (χ0) is 13.8. The maximum absolute atomic E-state index is 3.91. The highest BCUT2D eigenvalue weighted by atomic mass is 32.1. The number of hydrogen-bond acceptors (Lipinski definition) is 3. The van der Waals surface area contributed by atoms with Crippen molar-refractivity contribution >= 4 is 11.3 Å². The molecule has 20 heavy (non-hydrogen) atoms. The summed E-state index contributed by atoms with van der Waals surface area (Å²) in [7, 11) is 0. The minimum Gasteiger partial charge on any atom is -0.310 e. The van der Waals surface area contributed by atoms with E-state index in [9.17, 15) is 0 Å². The van der Waals surface area contributed by atoms with Crippen LogP contribution in [0.1, 0.15) is 50.3 Å². The number of thiophene rings is 1. The van der Waals surface area contributed by atoms with Crippen molar-refractivity contribution in [2.24, 2.45) is 0 Å². The number of rotatable bonds is 3. The van der Waals surface area contributed by atoms with Crippen LogP contribution in [0, 0.1) is 0 Å². The normalized spacial score (nSPS) is 27.6. The quantitative estimate of drug-likeness (QED) is 0.914. The molecule has 112 valence electrons. The van der Waals surface area contributed by atoms with Crippen molar-refractivity contribution < 1.29 is 0 Å². The van der Waals surface area contributed by atoms with Crippen molar-refractivity contribution in [3.05, 3.63) is 22.4 Å². The van der Waals surface area contributed by atoms with E-state index in [0.717, 1.165) is 6.04 Å². The van der Waals surface area contributed by atoms with Crippen molar-refractivity contribution in [3.63, 3.8) is 0 Å². The summed E-state index contributed by atoms with van der Waals surface area (Å²) in [5.74, 6) is 0. The van der Waals surface area contributed by atoms with Crippen LogP contribution in [0.15, 0.2) is 17.5 Å². The summed E-state index contributed by atoms with van der Waals surface area (Å²) in [5.41, 5.74) is 0.429. The fourth-order valence-electron chi connectivity index (χ4n) is 3.90. The summed E-state index contributed by atoms with van der Waals surface area (Å²) in [6.07, 6.45) is 9.56. The van der Waals surface area contributed by atoms with Gasteiger partial charge in [-0.1, -0.05) is 25.3 Å². The molecular formula is C17H28N2S. The van der Waals surface area contributed by atoms with E-state index in [0.29, 0.717) is 5.54 Å². The second-order valence-corrected chi connectivity index (χ2v) is 7.74. The first-order chi connectivity index (χ1) is 9.77. The SMILES string of the molecule is CC1CCNC2(CCCCC2)CN1CCc1cccs1. The van der Waals surface area contributed by atoms with E-state index in [4.69, 9.17) is 0 Å². The van der Waals surface area contributed by atoms with Gasteiger partial charge in [0.15, 0.2) is 0 Å². The van der Waals surface area contributed by atoms with E-state index >= 15 is 0 Å². The lowest BCUT2D eigenvalue weighted by Crippen LogP contribution is -2.53.